The van der Waals surface area contributed by atoms with E-state index in [1.807, 2.05) is 27.2 Å². The Labute approximate surface area is 434 Å². The van der Waals surface area contributed by atoms with Crippen LogP contribution >= 0.6 is 7.82 Å². The van der Waals surface area contributed by atoms with Gasteiger partial charge in [-0.25, -0.2) is 4.57 Å². The molecule has 0 aliphatic carbocycles. The monoisotopic (exact) mass is 1000 g/mol. The maximum atomic E-state index is 13.0. The highest BCUT2D eigenvalue weighted by Crippen LogP contribution is 2.43. The first-order valence-electron chi connectivity index (χ1n) is 29.7. The predicted molar refractivity (Wildman–Crippen MR) is 304 cm³/mol. The molecule has 0 rings (SSSR count). The molecule has 3 N–H and O–H groups in total. The lowest BCUT2D eigenvalue weighted by molar-refractivity contribution is -0.870. The Balaban J connectivity index is 4.03. The molecule has 0 saturated heterocycles. The molecular formula is C61H116N2O6P+. The fraction of sp³-hybridized carbons (Fsp3) is 0.820. The van der Waals surface area contributed by atoms with Crippen molar-refractivity contribution in [2.45, 2.75) is 283 Å². The van der Waals surface area contributed by atoms with E-state index in [2.05, 4.69) is 67.8 Å². The number of carbonyl (C=O) groups is 1. The first-order chi connectivity index (χ1) is 34.0. The second-order valence-electron chi connectivity index (χ2n) is 21.3. The lowest BCUT2D eigenvalue weighted by Crippen LogP contribution is -2.45. The van der Waals surface area contributed by atoms with Gasteiger partial charge in [0.15, 0.2) is 0 Å². The van der Waals surface area contributed by atoms with Crippen molar-refractivity contribution in [2.24, 2.45) is 0 Å². The van der Waals surface area contributed by atoms with Gasteiger partial charge >= 0.3 is 7.82 Å². The molecule has 0 bridgehead atoms. The lowest BCUT2D eigenvalue weighted by Gasteiger charge is -2.25. The fourth-order valence-corrected chi connectivity index (χ4v) is 9.36. The van der Waals surface area contributed by atoms with Gasteiger partial charge in [-0.15, -0.1) is 0 Å². The Morgan fingerprint density at radius 3 is 1.26 bits per heavy atom. The smallest absolute Gasteiger partial charge is 0.387 e. The molecule has 8 nitrogen and oxygen atoms in total. The summed E-state index contributed by atoms with van der Waals surface area (Å²) in [6.07, 6.45) is 70.5. The number of phosphoric ester groups is 1. The summed E-state index contributed by atoms with van der Waals surface area (Å²) in [5, 5.41) is 13.9. The van der Waals surface area contributed by atoms with Crippen molar-refractivity contribution in [1.29, 1.82) is 0 Å². The number of aliphatic hydroxyl groups excluding tert-OH is 1. The van der Waals surface area contributed by atoms with E-state index in [-0.39, 0.29) is 19.1 Å². The van der Waals surface area contributed by atoms with Crippen molar-refractivity contribution in [2.75, 3.05) is 40.9 Å². The van der Waals surface area contributed by atoms with Crippen LogP contribution < -0.4 is 5.32 Å². The van der Waals surface area contributed by atoms with Crippen LogP contribution in [0.15, 0.2) is 60.8 Å². The maximum absolute atomic E-state index is 13.0. The molecule has 0 spiro atoms. The number of amides is 1. The number of likely N-dealkylation sites (N-methyl/N-ethyl adjacent to an activating group) is 1. The van der Waals surface area contributed by atoms with E-state index >= 15 is 0 Å². The molecule has 3 unspecified atom stereocenters. The highest BCUT2D eigenvalue weighted by molar-refractivity contribution is 7.47. The Morgan fingerprint density at radius 1 is 0.500 bits per heavy atom. The van der Waals surface area contributed by atoms with Crippen molar-refractivity contribution in [3.05, 3.63) is 60.8 Å². The molecule has 9 heteroatoms. The summed E-state index contributed by atoms with van der Waals surface area (Å²) in [6.45, 7) is 4.72. The number of unbranched alkanes of at least 4 members (excludes halogenated alkanes) is 33. The summed E-state index contributed by atoms with van der Waals surface area (Å²) < 4.78 is 23.7. The Morgan fingerprint density at radius 2 is 0.857 bits per heavy atom. The molecule has 0 fully saturated rings. The zero-order chi connectivity index (χ0) is 51.3. The van der Waals surface area contributed by atoms with E-state index < -0.39 is 20.0 Å². The summed E-state index contributed by atoms with van der Waals surface area (Å²) in [5.41, 5.74) is 0. The topological polar surface area (TPSA) is 105 Å². The van der Waals surface area contributed by atoms with Crippen LogP contribution in [-0.2, 0) is 18.4 Å². The van der Waals surface area contributed by atoms with Gasteiger partial charge in [0, 0.05) is 6.42 Å². The Hall–Kier alpha value is -1.80. The number of allylic oxidation sites excluding steroid dienone is 9. The van der Waals surface area contributed by atoms with Crippen molar-refractivity contribution >= 4 is 13.7 Å². The predicted octanol–water partition coefficient (Wildman–Crippen LogP) is 18.1. The molecule has 0 aromatic rings. The van der Waals surface area contributed by atoms with Crippen LogP contribution in [0.1, 0.15) is 271 Å². The second-order valence-corrected chi connectivity index (χ2v) is 22.8. The van der Waals surface area contributed by atoms with E-state index in [1.54, 1.807) is 6.08 Å². The molecule has 0 saturated carbocycles. The number of aliphatic hydroxyl groups is 1. The third-order valence-corrected chi connectivity index (χ3v) is 14.2. The molecule has 0 aliphatic heterocycles. The molecule has 0 heterocycles. The molecule has 0 aromatic carbocycles. The minimum Gasteiger partial charge on any atom is -0.387 e. The van der Waals surface area contributed by atoms with Crippen molar-refractivity contribution < 1.29 is 32.9 Å². The van der Waals surface area contributed by atoms with Crippen LogP contribution in [0.5, 0.6) is 0 Å². The zero-order valence-electron chi connectivity index (χ0n) is 46.8. The summed E-state index contributed by atoms with van der Waals surface area (Å²) in [7, 11) is 1.58. The highest BCUT2D eigenvalue weighted by Gasteiger charge is 2.27. The number of carbonyl (C=O) groups excluding carboxylic acids is 1. The number of hydrogen-bond acceptors (Lipinski definition) is 5. The maximum Gasteiger partial charge on any atom is 0.472 e. The van der Waals surface area contributed by atoms with Gasteiger partial charge in [-0.05, 0) is 57.8 Å². The minimum absolute atomic E-state index is 0.0619. The number of hydrogen-bond donors (Lipinski definition) is 3. The van der Waals surface area contributed by atoms with Gasteiger partial charge in [0.05, 0.1) is 39.9 Å². The summed E-state index contributed by atoms with van der Waals surface area (Å²) in [6, 6.07) is -0.846. The first kappa shape index (κ1) is 68.2. The first-order valence-corrected chi connectivity index (χ1v) is 31.2. The van der Waals surface area contributed by atoms with Crippen LogP contribution in [0.2, 0.25) is 0 Å². The quantitative estimate of drug-likeness (QED) is 0.0243. The van der Waals surface area contributed by atoms with E-state index in [9.17, 15) is 19.4 Å². The van der Waals surface area contributed by atoms with Gasteiger partial charge < -0.3 is 19.8 Å². The van der Waals surface area contributed by atoms with E-state index in [0.29, 0.717) is 17.4 Å². The standard InChI is InChI=1S/C61H115N2O6P/c1-6-8-10-12-14-16-18-20-22-23-24-25-26-27-28-29-30-31-32-33-34-35-36-37-38-39-41-43-45-47-49-51-53-55-61(65)62-59(58-69-70(66,67)68-57-56-63(3,4)5)60(64)54-52-50-48-46-44-42-40-21-19-17-15-13-11-9-7-2/h8,10,14,16,20,22,24-25,52,54,59-60,64H,6-7,9,11-13,15,17-19,21,23,26-51,53,55-58H2,1-5H3,(H-,62,65,66,67)/p+1/b10-8-,16-14-,22-20-,25-24-,54-52+. The average molecular weight is 1000 g/mol. The molecule has 1 amide bonds. The summed E-state index contributed by atoms with van der Waals surface area (Å²) in [5.74, 6) is -0.174. The number of nitrogens with zero attached hydrogens (tertiary/aromatic N) is 1. The van der Waals surface area contributed by atoms with Gasteiger partial charge in [-0.1, -0.05) is 267 Å². The Bertz CT molecular complexity index is 1320. The van der Waals surface area contributed by atoms with Crippen LogP contribution in [0.25, 0.3) is 0 Å². The van der Waals surface area contributed by atoms with Crippen molar-refractivity contribution in [1.82, 2.24) is 5.32 Å². The van der Waals surface area contributed by atoms with Crippen molar-refractivity contribution in [3.8, 4) is 0 Å². The summed E-state index contributed by atoms with van der Waals surface area (Å²) >= 11 is 0. The molecule has 70 heavy (non-hydrogen) atoms. The second kappa shape index (κ2) is 52.1. The molecule has 3 atom stereocenters. The van der Waals surface area contributed by atoms with Crippen LogP contribution in [0, 0.1) is 0 Å². The van der Waals surface area contributed by atoms with E-state index in [1.165, 1.54) is 186 Å². The normalized spacial score (nSPS) is 14.3. The van der Waals surface area contributed by atoms with Gasteiger partial charge in [-0.2, -0.15) is 0 Å². The van der Waals surface area contributed by atoms with Gasteiger partial charge in [0.25, 0.3) is 0 Å². The molecule has 410 valence electrons. The molecule has 0 aromatic heterocycles. The number of quaternary nitrogens is 1. The number of rotatable bonds is 54. The van der Waals surface area contributed by atoms with Crippen LogP contribution in [0.3, 0.4) is 0 Å². The third kappa shape index (κ3) is 54.0. The fourth-order valence-electron chi connectivity index (χ4n) is 8.62. The Kier molecular flexibility index (Phi) is 50.7. The largest absolute Gasteiger partial charge is 0.472 e. The van der Waals surface area contributed by atoms with Crippen LogP contribution in [0.4, 0.5) is 0 Å². The van der Waals surface area contributed by atoms with Crippen molar-refractivity contribution in [3.63, 3.8) is 0 Å². The van der Waals surface area contributed by atoms with Gasteiger partial charge in [0.1, 0.15) is 13.2 Å². The SMILES string of the molecule is CC/C=C\C/C=C\C/C=C\C/C=C\CCCCCCCCCCCCCCCCCCCCCCC(=O)NC(COP(=O)(O)OCC[N+](C)(C)C)C(O)/C=C/CCCCCCCCCCCCCCC. The molecule has 0 radical (unpaired) electrons. The average Bonchev–Trinajstić information content (AvgIpc) is 3.32. The zero-order valence-corrected chi connectivity index (χ0v) is 47.7. The van der Waals surface area contributed by atoms with Gasteiger partial charge in [0.2, 0.25) is 5.91 Å². The minimum atomic E-state index is -4.34. The summed E-state index contributed by atoms with van der Waals surface area (Å²) in [4.78, 5) is 23.3. The molecular weight excluding hydrogens is 888 g/mol. The molecule has 0 aliphatic rings. The van der Waals surface area contributed by atoms with Gasteiger partial charge in [-0.3, -0.25) is 13.8 Å². The highest BCUT2D eigenvalue weighted by atomic mass is 31.2. The number of nitrogens with one attached hydrogen (secondary N) is 1. The van der Waals surface area contributed by atoms with E-state index in [0.717, 1.165) is 64.2 Å². The van der Waals surface area contributed by atoms with Crippen LogP contribution in [-0.4, -0.2) is 73.4 Å². The lowest BCUT2D eigenvalue weighted by atomic mass is 10.0. The number of phosphoric acid groups is 1. The van der Waals surface area contributed by atoms with E-state index in [4.69, 9.17) is 9.05 Å². The third-order valence-electron chi connectivity index (χ3n) is 13.2.